The van der Waals surface area contributed by atoms with E-state index in [0.29, 0.717) is 12.1 Å². The van der Waals surface area contributed by atoms with Gasteiger partial charge in [0, 0.05) is 30.9 Å². The first-order chi connectivity index (χ1) is 12.7. The number of carbonyl (C=O) groups is 1. The highest BCUT2D eigenvalue weighted by Crippen LogP contribution is 2.23. The Bertz CT molecular complexity index is 1070. The van der Waals surface area contributed by atoms with E-state index in [1.165, 1.54) is 0 Å². The van der Waals surface area contributed by atoms with Crippen LogP contribution in [0.4, 0.5) is 0 Å². The molecule has 4 aromatic rings. The summed E-state index contributed by atoms with van der Waals surface area (Å²) in [5, 5.41) is 2.96. The second-order valence-electron chi connectivity index (χ2n) is 6.09. The Hall–Kier alpha value is -3.47. The van der Waals surface area contributed by atoms with Gasteiger partial charge in [0.15, 0.2) is 5.65 Å². The Morgan fingerprint density at radius 3 is 2.69 bits per heavy atom. The molecule has 1 N–H and O–H groups in total. The summed E-state index contributed by atoms with van der Waals surface area (Å²) in [6.45, 7) is 0.500. The number of hydrogen-bond donors (Lipinski definition) is 1. The summed E-state index contributed by atoms with van der Waals surface area (Å²) < 4.78 is 1.94. The minimum Gasteiger partial charge on any atom is -0.348 e. The van der Waals surface area contributed by atoms with E-state index in [4.69, 9.17) is 0 Å². The number of carbonyl (C=O) groups excluding carboxylic acids is 1. The predicted octanol–water partition coefficient (Wildman–Crippen LogP) is 3.57. The van der Waals surface area contributed by atoms with Crippen LogP contribution in [0.15, 0.2) is 72.9 Å². The molecular weight excluding hydrogens is 324 g/mol. The first kappa shape index (κ1) is 16.0. The molecule has 2 aromatic heterocycles. The van der Waals surface area contributed by atoms with Crippen molar-refractivity contribution in [3.05, 3.63) is 84.1 Å². The van der Waals surface area contributed by atoms with Gasteiger partial charge in [-0.1, -0.05) is 42.5 Å². The number of amides is 1. The van der Waals surface area contributed by atoms with Gasteiger partial charge in [0.1, 0.15) is 11.3 Å². The standard InChI is InChI=1S/C21H18N4O/c1-25-19(24-18-11-6-12-22-20(18)25)16-9-5-10-17(13-16)21(26)23-14-15-7-3-2-4-8-15/h2-13H,14H2,1H3,(H,23,26). The SMILES string of the molecule is Cn1c(-c2cccc(C(=O)NCc3ccccc3)c2)nc2cccnc21. The highest BCUT2D eigenvalue weighted by molar-refractivity contribution is 5.95. The topological polar surface area (TPSA) is 59.8 Å². The molecule has 5 heteroatoms. The number of hydrogen-bond acceptors (Lipinski definition) is 3. The maximum atomic E-state index is 12.5. The lowest BCUT2D eigenvalue weighted by Gasteiger charge is -2.07. The Kier molecular flexibility index (Phi) is 4.19. The highest BCUT2D eigenvalue weighted by atomic mass is 16.1. The second-order valence-corrected chi connectivity index (χ2v) is 6.09. The number of pyridine rings is 1. The monoisotopic (exact) mass is 342 g/mol. The van der Waals surface area contributed by atoms with Gasteiger partial charge >= 0.3 is 0 Å². The van der Waals surface area contributed by atoms with Crippen molar-refractivity contribution in [3.8, 4) is 11.4 Å². The molecular formula is C21H18N4O. The van der Waals surface area contributed by atoms with Crippen molar-refractivity contribution in [1.29, 1.82) is 0 Å². The molecule has 0 aliphatic heterocycles. The van der Waals surface area contributed by atoms with Crippen LogP contribution in [0, 0.1) is 0 Å². The number of aromatic nitrogens is 3. The van der Waals surface area contributed by atoms with Gasteiger partial charge in [-0.15, -0.1) is 0 Å². The van der Waals surface area contributed by atoms with Gasteiger partial charge in [-0.3, -0.25) is 4.79 Å². The first-order valence-corrected chi connectivity index (χ1v) is 8.42. The third-order valence-corrected chi connectivity index (χ3v) is 4.31. The number of aryl methyl sites for hydroxylation is 1. The summed E-state index contributed by atoms with van der Waals surface area (Å²) >= 11 is 0. The van der Waals surface area contributed by atoms with Crippen LogP contribution in [0.5, 0.6) is 0 Å². The Morgan fingerprint density at radius 1 is 1.04 bits per heavy atom. The Balaban J connectivity index is 1.59. The van der Waals surface area contributed by atoms with Crippen molar-refractivity contribution >= 4 is 17.1 Å². The Morgan fingerprint density at radius 2 is 1.88 bits per heavy atom. The van der Waals surface area contributed by atoms with Crippen LogP contribution in [0.25, 0.3) is 22.6 Å². The van der Waals surface area contributed by atoms with Gasteiger partial charge in [-0.05, 0) is 29.8 Å². The van der Waals surface area contributed by atoms with Gasteiger partial charge in [-0.25, -0.2) is 9.97 Å². The lowest BCUT2D eigenvalue weighted by Crippen LogP contribution is -2.22. The molecule has 2 heterocycles. The summed E-state index contributed by atoms with van der Waals surface area (Å²) in [7, 11) is 1.93. The smallest absolute Gasteiger partial charge is 0.251 e. The second kappa shape index (κ2) is 6.80. The first-order valence-electron chi connectivity index (χ1n) is 8.42. The van der Waals surface area contributed by atoms with Gasteiger partial charge in [0.05, 0.1) is 0 Å². The molecule has 0 radical (unpaired) electrons. The molecule has 0 unspecified atom stereocenters. The Labute approximate surface area is 151 Å². The summed E-state index contributed by atoms with van der Waals surface area (Å²) in [4.78, 5) is 21.5. The van der Waals surface area contributed by atoms with Crippen molar-refractivity contribution < 1.29 is 4.79 Å². The van der Waals surface area contributed by atoms with Crippen LogP contribution in [-0.4, -0.2) is 20.4 Å². The zero-order valence-electron chi connectivity index (χ0n) is 14.4. The normalized spacial score (nSPS) is 10.8. The van der Waals surface area contributed by atoms with Crippen molar-refractivity contribution in [2.45, 2.75) is 6.54 Å². The molecule has 0 saturated carbocycles. The lowest BCUT2D eigenvalue weighted by molar-refractivity contribution is 0.0951. The molecule has 0 bridgehead atoms. The van der Waals surface area contributed by atoms with Crippen molar-refractivity contribution in [2.24, 2.45) is 7.05 Å². The lowest BCUT2D eigenvalue weighted by atomic mass is 10.1. The number of rotatable bonds is 4. The van der Waals surface area contributed by atoms with Crippen LogP contribution in [0.3, 0.4) is 0 Å². The summed E-state index contributed by atoms with van der Waals surface area (Å²) in [5.74, 6) is 0.684. The van der Waals surface area contributed by atoms with E-state index < -0.39 is 0 Å². The minimum absolute atomic E-state index is 0.104. The van der Waals surface area contributed by atoms with Gasteiger partial charge < -0.3 is 9.88 Å². The zero-order valence-corrected chi connectivity index (χ0v) is 14.4. The van der Waals surface area contributed by atoms with Gasteiger partial charge in [0.25, 0.3) is 5.91 Å². The zero-order chi connectivity index (χ0) is 17.9. The summed E-state index contributed by atoms with van der Waals surface area (Å²) in [6, 6.07) is 21.2. The molecule has 0 aliphatic rings. The van der Waals surface area contributed by atoms with Crippen LogP contribution in [0.2, 0.25) is 0 Å². The maximum Gasteiger partial charge on any atom is 0.251 e. The van der Waals surface area contributed by atoms with Crippen LogP contribution in [-0.2, 0) is 13.6 Å². The molecule has 0 saturated heterocycles. The van der Waals surface area contributed by atoms with Crippen LogP contribution < -0.4 is 5.32 Å². The van der Waals surface area contributed by atoms with E-state index in [2.05, 4.69) is 15.3 Å². The molecule has 4 rings (SSSR count). The number of imidazole rings is 1. The molecule has 5 nitrogen and oxygen atoms in total. The van der Waals surface area contributed by atoms with E-state index in [1.54, 1.807) is 6.20 Å². The van der Waals surface area contributed by atoms with Gasteiger partial charge in [0.2, 0.25) is 0 Å². The number of benzene rings is 2. The fraction of sp³-hybridized carbons (Fsp3) is 0.0952. The third kappa shape index (κ3) is 3.07. The van der Waals surface area contributed by atoms with Crippen molar-refractivity contribution in [3.63, 3.8) is 0 Å². The van der Waals surface area contributed by atoms with Crippen LogP contribution in [0.1, 0.15) is 15.9 Å². The third-order valence-electron chi connectivity index (χ3n) is 4.31. The summed E-state index contributed by atoms with van der Waals surface area (Å²) in [6.07, 6.45) is 1.75. The van der Waals surface area contributed by atoms with Crippen molar-refractivity contribution in [2.75, 3.05) is 0 Å². The quantitative estimate of drug-likeness (QED) is 0.617. The van der Waals surface area contributed by atoms with E-state index in [-0.39, 0.29) is 5.91 Å². The molecule has 1 amide bonds. The summed E-state index contributed by atoms with van der Waals surface area (Å²) in [5.41, 5.74) is 4.22. The average Bonchev–Trinajstić information content (AvgIpc) is 3.04. The molecule has 0 fully saturated rings. The van der Waals surface area contributed by atoms with E-state index in [9.17, 15) is 4.79 Å². The fourth-order valence-electron chi connectivity index (χ4n) is 2.96. The number of nitrogens with one attached hydrogen (secondary N) is 1. The molecule has 0 spiro atoms. The molecule has 0 aliphatic carbocycles. The van der Waals surface area contributed by atoms with Gasteiger partial charge in [-0.2, -0.15) is 0 Å². The van der Waals surface area contributed by atoms with Crippen LogP contribution >= 0.6 is 0 Å². The fourth-order valence-corrected chi connectivity index (χ4v) is 2.96. The average molecular weight is 342 g/mol. The molecule has 0 atom stereocenters. The number of nitrogens with zero attached hydrogens (tertiary/aromatic N) is 3. The van der Waals surface area contributed by atoms with Crippen molar-refractivity contribution in [1.82, 2.24) is 19.9 Å². The molecule has 128 valence electrons. The maximum absolute atomic E-state index is 12.5. The highest BCUT2D eigenvalue weighted by Gasteiger charge is 2.12. The van der Waals surface area contributed by atoms with E-state index >= 15 is 0 Å². The largest absolute Gasteiger partial charge is 0.348 e. The molecule has 26 heavy (non-hydrogen) atoms. The predicted molar refractivity (Wildman–Crippen MR) is 102 cm³/mol. The molecule has 2 aromatic carbocycles. The minimum atomic E-state index is -0.104. The van der Waals surface area contributed by atoms with E-state index in [0.717, 1.165) is 28.1 Å². The number of fused-ring (bicyclic) bond motifs is 1. The van der Waals surface area contributed by atoms with E-state index in [1.807, 2.05) is 78.3 Å².